The van der Waals surface area contributed by atoms with E-state index in [2.05, 4.69) is 0 Å². The summed E-state index contributed by atoms with van der Waals surface area (Å²) < 4.78 is 23.2. The number of nitrogen functional groups attached to an aromatic ring is 1. The minimum atomic E-state index is -0.398. The summed E-state index contributed by atoms with van der Waals surface area (Å²) in [6, 6.07) is 4.87. The summed E-state index contributed by atoms with van der Waals surface area (Å²) in [7, 11) is 1.59. The number of nitrogens with two attached hydrogens (primary N) is 1. The second-order valence-electron chi connectivity index (χ2n) is 2.87. The van der Waals surface area contributed by atoms with Gasteiger partial charge in [0.15, 0.2) is 5.82 Å². The number of halogens is 1. The molecule has 3 nitrogen and oxygen atoms in total. The Morgan fingerprint density at radius 2 is 2.14 bits per heavy atom. The van der Waals surface area contributed by atoms with Gasteiger partial charge < -0.3 is 15.2 Å². The van der Waals surface area contributed by atoms with Crippen molar-refractivity contribution in [3.05, 3.63) is 29.6 Å². The molecule has 0 aliphatic carbocycles. The molecule has 0 aliphatic rings. The van der Waals surface area contributed by atoms with Crippen molar-refractivity contribution in [1.29, 1.82) is 0 Å². The van der Waals surface area contributed by atoms with Gasteiger partial charge >= 0.3 is 0 Å². The number of anilines is 1. The lowest BCUT2D eigenvalue weighted by Crippen LogP contribution is -2.04. The lowest BCUT2D eigenvalue weighted by Gasteiger charge is -2.06. The molecule has 0 heterocycles. The fraction of sp³-hybridized carbons (Fsp3) is 0.400. The van der Waals surface area contributed by atoms with Gasteiger partial charge in [-0.25, -0.2) is 4.39 Å². The summed E-state index contributed by atoms with van der Waals surface area (Å²) in [5, 5.41) is 0. The first-order chi connectivity index (χ1) is 6.75. The van der Waals surface area contributed by atoms with Crippen LogP contribution >= 0.6 is 0 Å². The largest absolute Gasteiger partial charge is 0.396 e. The van der Waals surface area contributed by atoms with Crippen molar-refractivity contribution < 1.29 is 13.9 Å². The third-order valence-electron chi connectivity index (χ3n) is 1.80. The van der Waals surface area contributed by atoms with E-state index in [0.717, 1.165) is 0 Å². The van der Waals surface area contributed by atoms with Crippen molar-refractivity contribution in [2.45, 2.75) is 6.61 Å². The molecule has 0 saturated heterocycles. The molecule has 0 aliphatic heterocycles. The molecule has 78 valence electrons. The fourth-order valence-corrected chi connectivity index (χ4v) is 1.04. The predicted octanol–water partition coefficient (Wildman–Crippen LogP) is 1.57. The van der Waals surface area contributed by atoms with E-state index in [1.807, 2.05) is 0 Å². The Morgan fingerprint density at radius 1 is 1.36 bits per heavy atom. The lowest BCUT2D eigenvalue weighted by atomic mass is 10.2. The van der Waals surface area contributed by atoms with E-state index >= 15 is 0 Å². The fourth-order valence-electron chi connectivity index (χ4n) is 1.04. The highest BCUT2D eigenvalue weighted by Gasteiger charge is 2.04. The van der Waals surface area contributed by atoms with Crippen LogP contribution in [0.3, 0.4) is 0 Å². The lowest BCUT2D eigenvalue weighted by molar-refractivity contribution is 0.0605. The maximum Gasteiger partial charge on any atom is 0.151 e. The van der Waals surface area contributed by atoms with Crippen molar-refractivity contribution >= 4 is 5.69 Å². The zero-order valence-electron chi connectivity index (χ0n) is 8.13. The topological polar surface area (TPSA) is 44.5 Å². The molecule has 0 radical (unpaired) electrons. The quantitative estimate of drug-likeness (QED) is 0.578. The van der Waals surface area contributed by atoms with Crippen molar-refractivity contribution in [1.82, 2.24) is 0 Å². The first-order valence-electron chi connectivity index (χ1n) is 4.35. The van der Waals surface area contributed by atoms with Crippen molar-refractivity contribution in [3.8, 4) is 0 Å². The number of benzene rings is 1. The van der Waals surface area contributed by atoms with E-state index in [1.165, 1.54) is 6.07 Å². The van der Waals surface area contributed by atoms with Gasteiger partial charge in [0.25, 0.3) is 0 Å². The monoisotopic (exact) mass is 199 g/mol. The zero-order valence-corrected chi connectivity index (χ0v) is 8.13. The van der Waals surface area contributed by atoms with Crippen molar-refractivity contribution in [2.75, 3.05) is 26.1 Å². The van der Waals surface area contributed by atoms with Crippen molar-refractivity contribution in [3.63, 3.8) is 0 Å². The molecule has 2 N–H and O–H groups in total. The van der Waals surface area contributed by atoms with Gasteiger partial charge in [0, 0.05) is 12.7 Å². The summed E-state index contributed by atoms with van der Waals surface area (Å²) in [4.78, 5) is 0. The van der Waals surface area contributed by atoms with Crippen LogP contribution in [-0.2, 0) is 16.1 Å². The summed E-state index contributed by atoms with van der Waals surface area (Å²) in [6.45, 7) is 1.18. The van der Waals surface area contributed by atoms with Crippen LogP contribution in [-0.4, -0.2) is 20.3 Å². The second-order valence-corrected chi connectivity index (χ2v) is 2.87. The zero-order chi connectivity index (χ0) is 10.4. The standard InChI is InChI=1S/C10H14FNO2/c1-13-5-6-14-7-8-3-2-4-9(12)10(8)11/h2-4H,5-7,12H2,1H3. The first kappa shape index (κ1) is 10.9. The molecule has 1 rings (SSSR count). The molecule has 0 fully saturated rings. The summed E-state index contributed by atoms with van der Waals surface area (Å²) in [5.74, 6) is -0.398. The Hall–Kier alpha value is -1.13. The van der Waals surface area contributed by atoms with E-state index in [1.54, 1.807) is 19.2 Å². The number of hydrogen-bond acceptors (Lipinski definition) is 3. The highest BCUT2D eigenvalue weighted by Crippen LogP contribution is 2.15. The number of hydrogen-bond donors (Lipinski definition) is 1. The number of methoxy groups -OCH3 is 1. The maximum atomic E-state index is 13.3. The Labute approximate surface area is 82.6 Å². The van der Waals surface area contributed by atoms with Crippen LogP contribution in [0.5, 0.6) is 0 Å². The van der Waals surface area contributed by atoms with Gasteiger partial charge in [-0.15, -0.1) is 0 Å². The molecule has 14 heavy (non-hydrogen) atoms. The van der Waals surface area contributed by atoms with Crippen molar-refractivity contribution in [2.24, 2.45) is 0 Å². The molecule has 0 amide bonds. The van der Waals surface area contributed by atoms with Crippen LogP contribution in [0.4, 0.5) is 10.1 Å². The molecule has 0 atom stereocenters. The van der Waals surface area contributed by atoms with Crippen LogP contribution in [0.1, 0.15) is 5.56 Å². The van der Waals surface area contributed by atoms with Crippen LogP contribution in [0.15, 0.2) is 18.2 Å². The molecule has 0 spiro atoms. The van der Waals surface area contributed by atoms with Gasteiger partial charge in [-0.1, -0.05) is 12.1 Å². The molecule has 1 aromatic carbocycles. The van der Waals surface area contributed by atoms with E-state index in [4.69, 9.17) is 15.2 Å². The van der Waals surface area contributed by atoms with Gasteiger partial charge in [0.05, 0.1) is 25.5 Å². The van der Waals surface area contributed by atoms with E-state index in [0.29, 0.717) is 18.8 Å². The smallest absolute Gasteiger partial charge is 0.151 e. The first-order valence-corrected chi connectivity index (χ1v) is 4.35. The van der Waals surface area contributed by atoms with Crippen LogP contribution in [0.2, 0.25) is 0 Å². The van der Waals surface area contributed by atoms with Gasteiger partial charge in [-0.05, 0) is 6.07 Å². The highest BCUT2D eigenvalue weighted by molar-refractivity contribution is 5.42. The van der Waals surface area contributed by atoms with Gasteiger partial charge in [0.1, 0.15) is 0 Å². The Morgan fingerprint density at radius 3 is 2.86 bits per heavy atom. The summed E-state index contributed by atoms with van der Waals surface area (Å²) >= 11 is 0. The van der Waals surface area contributed by atoms with E-state index in [-0.39, 0.29) is 12.3 Å². The minimum Gasteiger partial charge on any atom is -0.396 e. The van der Waals surface area contributed by atoms with E-state index < -0.39 is 5.82 Å². The second kappa shape index (κ2) is 5.57. The van der Waals surface area contributed by atoms with E-state index in [9.17, 15) is 4.39 Å². The number of ether oxygens (including phenoxy) is 2. The molecule has 0 unspecified atom stereocenters. The summed E-state index contributed by atoms with van der Waals surface area (Å²) in [5.41, 5.74) is 6.02. The molecule has 0 saturated carbocycles. The third-order valence-corrected chi connectivity index (χ3v) is 1.80. The summed E-state index contributed by atoms with van der Waals surface area (Å²) in [6.07, 6.45) is 0. The predicted molar refractivity (Wildman–Crippen MR) is 52.3 cm³/mol. The third kappa shape index (κ3) is 2.97. The van der Waals surface area contributed by atoms with Crippen LogP contribution in [0, 0.1) is 5.82 Å². The number of rotatable bonds is 5. The van der Waals surface area contributed by atoms with Gasteiger partial charge in [0.2, 0.25) is 0 Å². The SMILES string of the molecule is COCCOCc1cccc(N)c1F. The van der Waals surface area contributed by atoms with Crippen LogP contribution in [0.25, 0.3) is 0 Å². The maximum absolute atomic E-state index is 13.3. The van der Waals surface area contributed by atoms with Gasteiger partial charge in [-0.2, -0.15) is 0 Å². The Bertz CT molecular complexity index is 291. The van der Waals surface area contributed by atoms with Crippen LogP contribution < -0.4 is 5.73 Å². The molecular weight excluding hydrogens is 185 g/mol. The minimum absolute atomic E-state index is 0.151. The average Bonchev–Trinajstić information content (AvgIpc) is 2.19. The molecule has 0 aromatic heterocycles. The molecule has 1 aromatic rings. The average molecular weight is 199 g/mol. The molecule has 0 bridgehead atoms. The van der Waals surface area contributed by atoms with Gasteiger partial charge in [-0.3, -0.25) is 0 Å². The molecule has 4 heteroatoms. The Kier molecular flexibility index (Phi) is 4.35. The molecular formula is C10H14FNO2. The highest BCUT2D eigenvalue weighted by atomic mass is 19.1. The normalized spacial score (nSPS) is 10.4. The Balaban J connectivity index is 2.46.